The van der Waals surface area contributed by atoms with Gasteiger partial charge >= 0.3 is 0 Å². The van der Waals surface area contributed by atoms with Crippen molar-refractivity contribution in [3.8, 4) is 11.3 Å². The molecule has 1 aliphatic rings. The molecular weight excluding hydrogens is 353 g/mol. The number of halogens is 1. The van der Waals surface area contributed by atoms with E-state index in [9.17, 15) is 9.18 Å². The van der Waals surface area contributed by atoms with Gasteiger partial charge in [-0.25, -0.2) is 9.07 Å². The Morgan fingerprint density at radius 1 is 1.41 bits per heavy atom. The summed E-state index contributed by atoms with van der Waals surface area (Å²) in [6.45, 7) is 1.20. The third-order valence-corrected chi connectivity index (χ3v) is 4.31. The quantitative estimate of drug-likeness (QED) is 0.700. The molecule has 1 aliphatic heterocycles. The molecule has 27 heavy (non-hydrogen) atoms. The highest BCUT2D eigenvalue weighted by molar-refractivity contribution is 5.78. The van der Waals surface area contributed by atoms with Crippen LogP contribution in [0.2, 0.25) is 0 Å². The fraction of sp³-hybridized carbons (Fsp3) is 0.353. The van der Waals surface area contributed by atoms with Crippen LogP contribution >= 0.6 is 0 Å². The van der Waals surface area contributed by atoms with Crippen molar-refractivity contribution in [1.82, 2.24) is 35.1 Å². The maximum atomic E-state index is 12.8. The molecule has 10 heteroatoms. The molecule has 0 radical (unpaired) electrons. The summed E-state index contributed by atoms with van der Waals surface area (Å²) in [4.78, 5) is 15.9. The zero-order valence-electron chi connectivity index (χ0n) is 14.7. The van der Waals surface area contributed by atoms with Crippen LogP contribution in [0.5, 0.6) is 0 Å². The van der Waals surface area contributed by atoms with Gasteiger partial charge in [-0.3, -0.25) is 14.5 Å². The molecule has 9 nitrogen and oxygen atoms in total. The average Bonchev–Trinajstić information content (AvgIpc) is 3.27. The second kappa shape index (κ2) is 7.23. The Morgan fingerprint density at radius 2 is 2.30 bits per heavy atom. The Bertz CT molecular complexity index is 951. The van der Waals surface area contributed by atoms with E-state index in [1.165, 1.54) is 12.1 Å². The van der Waals surface area contributed by atoms with E-state index in [1.54, 1.807) is 15.6 Å². The first-order chi connectivity index (χ1) is 13.1. The molecule has 0 saturated carbocycles. The molecule has 3 aromatic rings. The number of aromatic nitrogens is 6. The number of fused-ring (bicyclic) bond motifs is 1. The van der Waals surface area contributed by atoms with Crippen LogP contribution in [-0.2, 0) is 36.2 Å². The minimum absolute atomic E-state index is 0.0900. The third-order valence-electron chi connectivity index (χ3n) is 4.31. The topological polar surface area (TPSA) is 99.8 Å². The highest BCUT2D eigenvalue weighted by Crippen LogP contribution is 2.24. The van der Waals surface area contributed by atoms with Crippen LogP contribution in [0.1, 0.15) is 11.4 Å². The second-order valence-electron chi connectivity index (χ2n) is 6.35. The standard InChI is InChI=1S/C17H18FN7O2/c1-24-8-11(5-21-24)17-15-10-27-14(9-25(15)23-22-17)7-20-16(26)4-13-3-2-12(18)6-19-13/h2-3,5-6,8,14H,4,7,9-10H2,1H3,(H,20,26)/t14-/m1/s1. The Hall–Kier alpha value is -3.14. The van der Waals surface area contributed by atoms with Gasteiger partial charge in [0.1, 0.15) is 11.5 Å². The van der Waals surface area contributed by atoms with Crippen LogP contribution in [0.4, 0.5) is 4.39 Å². The number of hydrogen-bond donors (Lipinski definition) is 1. The Balaban J connectivity index is 1.33. The number of carbonyl (C=O) groups excluding carboxylic acids is 1. The van der Waals surface area contributed by atoms with Crippen molar-refractivity contribution in [1.29, 1.82) is 0 Å². The third kappa shape index (κ3) is 3.85. The largest absolute Gasteiger partial charge is 0.368 e. The zero-order chi connectivity index (χ0) is 18.8. The van der Waals surface area contributed by atoms with Crippen molar-refractivity contribution in [2.45, 2.75) is 25.7 Å². The van der Waals surface area contributed by atoms with Crippen LogP contribution in [0, 0.1) is 5.82 Å². The lowest BCUT2D eigenvalue weighted by molar-refractivity contribution is -0.121. The summed E-state index contributed by atoms with van der Waals surface area (Å²) >= 11 is 0. The minimum Gasteiger partial charge on any atom is -0.368 e. The summed E-state index contributed by atoms with van der Waals surface area (Å²) in [5, 5.41) is 15.4. The van der Waals surface area contributed by atoms with Crippen LogP contribution < -0.4 is 5.32 Å². The van der Waals surface area contributed by atoms with Gasteiger partial charge in [-0.2, -0.15) is 5.10 Å². The van der Waals surface area contributed by atoms with Crippen molar-refractivity contribution >= 4 is 5.91 Å². The maximum Gasteiger partial charge on any atom is 0.226 e. The van der Waals surface area contributed by atoms with E-state index in [-0.39, 0.29) is 18.4 Å². The molecular formula is C17H18FN7O2. The van der Waals surface area contributed by atoms with E-state index >= 15 is 0 Å². The molecule has 1 N–H and O–H groups in total. The van der Waals surface area contributed by atoms with Gasteiger partial charge in [-0.05, 0) is 12.1 Å². The number of carbonyl (C=O) groups is 1. The van der Waals surface area contributed by atoms with Gasteiger partial charge in [-0.1, -0.05) is 5.21 Å². The molecule has 3 aromatic heterocycles. The predicted octanol–water partition coefficient (Wildman–Crippen LogP) is 0.470. The SMILES string of the molecule is Cn1cc(-c2nnn3c2CO[C@H](CNC(=O)Cc2ccc(F)cn2)C3)cn1. The Morgan fingerprint density at radius 3 is 3.04 bits per heavy atom. The van der Waals surface area contributed by atoms with Crippen LogP contribution in [0.25, 0.3) is 11.3 Å². The summed E-state index contributed by atoms with van der Waals surface area (Å²) in [5.41, 5.74) is 3.05. The summed E-state index contributed by atoms with van der Waals surface area (Å²) in [6.07, 6.45) is 4.60. The molecule has 0 saturated heterocycles. The van der Waals surface area contributed by atoms with Crippen molar-refractivity contribution in [2.24, 2.45) is 7.05 Å². The van der Waals surface area contributed by atoms with Gasteiger partial charge in [0, 0.05) is 31.0 Å². The molecule has 0 bridgehead atoms. The van der Waals surface area contributed by atoms with Gasteiger partial charge in [0.25, 0.3) is 0 Å². The summed E-state index contributed by atoms with van der Waals surface area (Å²) in [7, 11) is 1.84. The van der Waals surface area contributed by atoms with Gasteiger partial charge in [0.2, 0.25) is 5.91 Å². The number of nitrogens with zero attached hydrogens (tertiary/aromatic N) is 6. The van der Waals surface area contributed by atoms with E-state index in [2.05, 4.69) is 25.7 Å². The molecule has 0 fully saturated rings. The fourth-order valence-corrected chi connectivity index (χ4v) is 2.92. The van der Waals surface area contributed by atoms with E-state index in [0.29, 0.717) is 25.4 Å². The number of aryl methyl sites for hydroxylation is 1. The van der Waals surface area contributed by atoms with Gasteiger partial charge in [-0.15, -0.1) is 5.10 Å². The van der Waals surface area contributed by atoms with Crippen molar-refractivity contribution in [2.75, 3.05) is 6.54 Å². The van der Waals surface area contributed by atoms with Crippen LogP contribution in [0.15, 0.2) is 30.7 Å². The van der Waals surface area contributed by atoms with E-state index in [4.69, 9.17) is 4.74 Å². The summed E-state index contributed by atoms with van der Waals surface area (Å²) < 4.78 is 22.2. The van der Waals surface area contributed by atoms with Crippen LogP contribution in [0.3, 0.4) is 0 Å². The first-order valence-electron chi connectivity index (χ1n) is 8.48. The molecule has 0 unspecified atom stereocenters. The molecule has 1 atom stereocenters. The number of rotatable bonds is 5. The number of hydrogen-bond acceptors (Lipinski definition) is 6. The lowest BCUT2D eigenvalue weighted by Gasteiger charge is -2.24. The summed E-state index contributed by atoms with van der Waals surface area (Å²) in [6, 6.07) is 2.78. The monoisotopic (exact) mass is 371 g/mol. The first kappa shape index (κ1) is 17.3. The van der Waals surface area contributed by atoms with Gasteiger partial charge in [0.15, 0.2) is 0 Å². The smallest absolute Gasteiger partial charge is 0.226 e. The fourth-order valence-electron chi connectivity index (χ4n) is 2.92. The van der Waals surface area contributed by atoms with Crippen LogP contribution in [-0.4, -0.2) is 48.3 Å². The molecule has 4 heterocycles. The lowest BCUT2D eigenvalue weighted by Crippen LogP contribution is -2.39. The normalized spacial score (nSPS) is 16.1. The van der Waals surface area contributed by atoms with Crippen molar-refractivity contribution in [3.63, 3.8) is 0 Å². The molecule has 1 amide bonds. The minimum atomic E-state index is -0.427. The van der Waals surface area contributed by atoms with Gasteiger partial charge in [0.05, 0.1) is 43.8 Å². The number of amides is 1. The van der Waals surface area contributed by atoms with E-state index in [1.807, 2.05) is 13.2 Å². The van der Waals surface area contributed by atoms with Crippen molar-refractivity contribution < 1.29 is 13.9 Å². The maximum absolute atomic E-state index is 12.8. The van der Waals surface area contributed by atoms with Crippen molar-refractivity contribution in [3.05, 3.63) is 47.9 Å². The molecule has 0 aromatic carbocycles. The molecule has 4 rings (SSSR count). The van der Waals surface area contributed by atoms with E-state index in [0.717, 1.165) is 23.1 Å². The Kier molecular flexibility index (Phi) is 4.63. The summed E-state index contributed by atoms with van der Waals surface area (Å²) in [5.74, 6) is -0.623. The zero-order valence-corrected chi connectivity index (χ0v) is 14.7. The highest BCUT2D eigenvalue weighted by atomic mass is 19.1. The molecule has 0 spiro atoms. The average molecular weight is 371 g/mol. The van der Waals surface area contributed by atoms with E-state index < -0.39 is 5.82 Å². The second-order valence-corrected chi connectivity index (χ2v) is 6.35. The lowest BCUT2D eigenvalue weighted by atomic mass is 10.2. The number of ether oxygens (including phenoxy) is 1. The predicted molar refractivity (Wildman–Crippen MR) is 91.7 cm³/mol. The number of nitrogens with one attached hydrogen (secondary N) is 1. The number of pyridine rings is 1. The highest BCUT2D eigenvalue weighted by Gasteiger charge is 2.25. The molecule has 140 valence electrons. The van der Waals surface area contributed by atoms with Gasteiger partial charge < -0.3 is 10.1 Å². The Labute approximate surface area is 154 Å². The first-order valence-corrected chi connectivity index (χ1v) is 8.48. The molecule has 0 aliphatic carbocycles.